The highest BCUT2D eigenvalue weighted by Crippen LogP contribution is 2.35. The summed E-state index contributed by atoms with van der Waals surface area (Å²) in [6, 6.07) is 0.0814. The van der Waals surface area contributed by atoms with Gasteiger partial charge in [-0.3, -0.25) is 9.79 Å². The Morgan fingerprint density at radius 3 is 2.93 bits per heavy atom. The topological polar surface area (TPSA) is 121 Å². The maximum Gasteiger partial charge on any atom is 0.230 e. The number of imidazole rings is 1. The van der Waals surface area contributed by atoms with E-state index in [-0.39, 0.29) is 22.4 Å². The van der Waals surface area contributed by atoms with E-state index in [2.05, 4.69) is 26.7 Å². The van der Waals surface area contributed by atoms with Gasteiger partial charge in [-0.25, -0.2) is 9.98 Å². The predicted octanol–water partition coefficient (Wildman–Crippen LogP) is 1.70. The molecule has 9 heteroatoms. The minimum atomic E-state index is -0.308. The number of carbonyl (C=O) groups is 1. The highest BCUT2D eigenvalue weighted by atomic mass is 32.2. The highest BCUT2D eigenvalue weighted by molar-refractivity contribution is 8.01. The van der Waals surface area contributed by atoms with Gasteiger partial charge in [0, 0.05) is 17.5 Å². The molecule has 1 aromatic rings. The lowest BCUT2D eigenvalue weighted by atomic mass is 10.0. The van der Waals surface area contributed by atoms with E-state index in [1.54, 1.807) is 11.8 Å². The van der Waals surface area contributed by atoms with E-state index in [1.165, 1.54) is 6.34 Å². The number of nitrogens with zero attached hydrogens (tertiary/aromatic N) is 4. The third kappa shape index (κ3) is 4.46. The summed E-state index contributed by atoms with van der Waals surface area (Å²) < 4.78 is 8.01. The zero-order valence-corrected chi connectivity index (χ0v) is 17.1. The Kier molecular flexibility index (Phi) is 6.23. The second kappa shape index (κ2) is 8.64. The summed E-state index contributed by atoms with van der Waals surface area (Å²) in [5.74, 6) is 1.83. The quantitative estimate of drug-likeness (QED) is 0.573. The molecule has 0 aromatic carbocycles. The summed E-state index contributed by atoms with van der Waals surface area (Å²) in [6.45, 7) is 7.00. The van der Waals surface area contributed by atoms with Crippen molar-refractivity contribution in [3.8, 4) is 0 Å². The molecule has 2 unspecified atom stereocenters. The number of ether oxygens (including phenoxy) is 1. The minimum absolute atomic E-state index is 0.0814. The number of nitrogens with two attached hydrogens (primary N) is 2. The van der Waals surface area contributed by atoms with Crippen LogP contribution in [0.5, 0.6) is 0 Å². The molecular formula is C19H26N6O2S. The van der Waals surface area contributed by atoms with Crippen molar-refractivity contribution in [2.45, 2.75) is 50.3 Å². The third-order valence-electron chi connectivity index (χ3n) is 4.35. The van der Waals surface area contributed by atoms with E-state index in [9.17, 15) is 4.79 Å². The number of amides is 1. The summed E-state index contributed by atoms with van der Waals surface area (Å²) >= 11 is 1.54. The first-order valence-corrected chi connectivity index (χ1v) is 10.2. The molecule has 1 aliphatic carbocycles. The molecule has 1 amide bonds. The van der Waals surface area contributed by atoms with Crippen LogP contribution in [-0.2, 0) is 16.1 Å². The summed E-state index contributed by atoms with van der Waals surface area (Å²) in [5, 5.41) is -0.109. The fourth-order valence-electron chi connectivity index (χ4n) is 3.06. The van der Waals surface area contributed by atoms with Crippen LogP contribution in [0.2, 0.25) is 0 Å². The monoisotopic (exact) mass is 402 g/mol. The molecule has 0 spiro atoms. The van der Waals surface area contributed by atoms with E-state index in [0.717, 1.165) is 23.6 Å². The van der Waals surface area contributed by atoms with Crippen molar-refractivity contribution in [1.29, 1.82) is 0 Å². The molecule has 1 aliphatic heterocycles. The minimum Gasteiger partial charge on any atom is -0.491 e. The van der Waals surface area contributed by atoms with Gasteiger partial charge in [-0.2, -0.15) is 0 Å². The fraction of sp³-hybridized carbons (Fsp3) is 0.474. The van der Waals surface area contributed by atoms with Gasteiger partial charge in [-0.15, -0.1) is 11.8 Å². The molecule has 2 heterocycles. The van der Waals surface area contributed by atoms with Gasteiger partial charge >= 0.3 is 0 Å². The summed E-state index contributed by atoms with van der Waals surface area (Å²) in [4.78, 5) is 24.8. The van der Waals surface area contributed by atoms with Crippen LogP contribution in [0.4, 0.5) is 0 Å². The number of rotatable bonds is 5. The summed E-state index contributed by atoms with van der Waals surface area (Å²) in [6.07, 6.45) is 8.12. The van der Waals surface area contributed by atoms with Gasteiger partial charge in [0.05, 0.1) is 23.7 Å². The number of amidine groups is 1. The van der Waals surface area contributed by atoms with Gasteiger partial charge in [0.15, 0.2) is 5.84 Å². The Hall–Kier alpha value is -2.55. The number of aromatic nitrogens is 2. The third-order valence-corrected chi connectivity index (χ3v) is 5.67. The number of carbonyl (C=O) groups excluding carboxylic acids is 1. The maximum absolute atomic E-state index is 11.4. The van der Waals surface area contributed by atoms with Gasteiger partial charge in [0.25, 0.3) is 0 Å². The molecule has 4 N–H and O–H groups in total. The van der Waals surface area contributed by atoms with E-state index < -0.39 is 0 Å². The van der Waals surface area contributed by atoms with Crippen LogP contribution in [0.1, 0.15) is 38.7 Å². The molecule has 2 atom stereocenters. The maximum atomic E-state index is 11.4. The zero-order valence-electron chi connectivity index (χ0n) is 16.3. The number of hydrogen-bond acceptors (Lipinski definition) is 5. The number of thioether (sulfide) groups is 1. The van der Waals surface area contributed by atoms with Crippen molar-refractivity contribution in [3.63, 3.8) is 0 Å². The lowest BCUT2D eigenvalue weighted by Gasteiger charge is -2.21. The van der Waals surface area contributed by atoms with Crippen LogP contribution >= 0.6 is 11.8 Å². The SMILES string of the molecule is CC(C)N=C(N=CN)c1cn2c(n1)C1=CCC(SC(C)C(N)=O)C=C1OCC2. The molecular weight excluding hydrogens is 376 g/mol. The lowest BCUT2D eigenvalue weighted by molar-refractivity contribution is -0.117. The Morgan fingerprint density at radius 2 is 2.25 bits per heavy atom. The average Bonchev–Trinajstić information content (AvgIpc) is 2.98. The number of aliphatic imine (C=N–C) groups is 2. The first-order valence-electron chi connectivity index (χ1n) is 9.29. The lowest BCUT2D eigenvalue weighted by Crippen LogP contribution is -2.25. The Bertz CT molecular complexity index is 868. The van der Waals surface area contributed by atoms with Gasteiger partial charge in [0.1, 0.15) is 23.9 Å². The van der Waals surface area contributed by atoms with E-state index in [0.29, 0.717) is 24.7 Å². The summed E-state index contributed by atoms with van der Waals surface area (Å²) in [5.41, 5.74) is 12.5. The smallest absolute Gasteiger partial charge is 0.230 e. The fourth-order valence-corrected chi connectivity index (χ4v) is 4.12. The van der Waals surface area contributed by atoms with Crippen molar-refractivity contribution in [2.24, 2.45) is 21.5 Å². The first-order chi connectivity index (χ1) is 13.4. The molecule has 1 aromatic heterocycles. The van der Waals surface area contributed by atoms with E-state index in [1.807, 2.05) is 27.0 Å². The standard InChI is InChI=1S/C19H26N6O2S/c1-11(2)23-18(22-10-20)15-9-25-6-7-27-16-8-13(28-12(3)17(21)26)4-5-14(16)19(25)24-15/h5,8-13H,4,6-7H2,1-3H3,(H2,21,26)(H2,20,22,23). The van der Waals surface area contributed by atoms with Crippen LogP contribution < -0.4 is 11.5 Å². The van der Waals surface area contributed by atoms with Crippen LogP contribution in [-0.4, -0.2) is 50.8 Å². The van der Waals surface area contributed by atoms with Gasteiger partial charge in [0.2, 0.25) is 5.91 Å². The Balaban J connectivity index is 1.90. The van der Waals surface area contributed by atoms with Crippen molar-refractivity contribution in [3.05, 3.63) is 35.6 Å². The second-order valence-electron chi connectivity index (χ2n) is 6.92. The molecule has 150 valence electrons. The van der Waals surface area contributed by atoms with Gasteiger partial charge in [-0.05, 0) is 33.3 Å². The van der Waals surface area contributed by atoms with Crippen LogP contribution in [0.3, 0.4) is 0 Å². The molecule has 2 aliphatic rings. The van der Waals surface area contributed by atoms with Gasteiger partial charge < -0.3 is 20.8 Å². The predicted molar refractivity (Wildman–Crippen MR) is 113 cm³/mol. The van der Waals surface area contributed by atoms with Crippen molar-refractivity contribution >= 4 is 35.4 Å². The van der Waals surface area contributed by atoms with Crippen LogP contribution in [0, 0.1) is 0 Å². The first kappa shape index (κ1) is 20.2. The van der Waals surface area contributed by atoms with Crippen LogP contribution in [0.25, 0.3) is 5.57 Å². The summed E-state index contributed by atoms with van der Waals surface area (Å²) in [7, 11) is 0. The van der Waals surface area contributed by atoms with Crippen molar-refractivity contribution in [1.82, 2.24) is 9.55 Å². The second-order valence-corrected chi connectivity index (χ2v) is 8.50. The molecule has 0 radical (unpaired) electrons. The Morgan fingerprint density at radius 1 is 1.46 bits per heavy atom. The average molecular weight is 403 g/mol. The normalized spacial score (nSPS) is 20.7. The van der Waals surface area contributed by atoms with E-state index in [4.69, 9.17) is 21.2 Å². The van der Waals surface area contributed by atoms with E-state index >= 15 is 0 Å². The number of fused-ring (bicyclic) bond motifs is 3. The zero-order chi connectivity index (χ0) is 20.3. The molecule has 0 fully saturated rings. The highest BCUT2D eigenvalue weighted by Gasteiger charge is 2.27. The van der Waals surface area contributed by atoms with Crippen molar-refractivity contribution in [2.75, 3.05) is 6.61 Å². The Labute approximate surface area is 168 Å². The molecule has 28 heavy (non-hydrogen) atoms. The molecule has 0 saturated carbocycles. The van der Waals surface area contributed by atoms with Gasteiger partial charge in [-0.1, -0.05) is 6.08 Å². The largest absolute Gasteiger partial charge is 0.491 e. The number of allylic oxidation sites excluding steroid dienone is 2. The molecule has 0 bridgehead atoms. The number of primary amides is 1. The molecule has 8 nitrogen and oxygen atoms in total. The van der Waals surface area contributed by atoms with Crippen LogP contribution in [0.15, 0.2) is 34.1 Å². The van der Waals surface area contributed by atoms with Crippen molar-refractivity contribution < 1.29 is 9.53 Å². The number of hydrogen-bond donors (Lipinski definition) is 2. The molecule has 0 saturated heterocycles. The molecule has 3 rings (SSSR count).